The van der Waals surface area contributed by atoms with Gasteiger partial charge in [-0.15, -0.1) is 0 Å². The zero-order valence-corrected chi connectivity index (χ0v) is 31.9. The third-order valence-electron chi connectivity index (χ3n) is 10.3. The molecular weight excluding hydrogens is 609 g/mol. The van der Waals surface area contributed by atoms with Crippen LogP contribution in [-0.4, -0.2) is 19.9 Å². The van der Waals surface area contributed by atoms with Gasteiger partial charge in [-0.25, -0.2) is 9.97 Å². The summed E-state index contributed by atoms with van der Waals surface area (Å²) in [7, 11) is 0. The molecule has 3 aromatic heterocycles. The van der Waals surface area contributed by atoms with E-state index in [0.717, 1.165) is 76.1 Å². The molecule has 0 saturated carbocycles. The van der Waals surface area contributed by atoms with Crippen LogP contribution < -0.4 is 0 Å². The largest absolute Gasteiger partial charge is 0.355 e. The second-order valence-electron chi connectivity index (χ2n) is 16.5. The molecule has 2 aliphatic rings. The monoisotopic (exact) mass is 666 g/mol. The molecule has 0 aliphatic carbocycles. The molecule has 0 saturated heterocycles. The molecule has 2 N–H and O–H groups in total. The number of nitrogens with zero attached hydrogens (tertiary/aromatic N) is 2. The quantitative estimate of drug-likeness (QED) is 0.135. The van der Waals surface area contributed by atoms with Gasteiger partial charge in [-0.1, -0.05) is 112 Å². The van der Waals surface area contributed by atoms with Gasteiger partial charge in [-0.2, -0.15) is 0 Å². The van der Waals surface area contributed by atoms with E-state index in [1.807, 2.05) is 0 Å². The predicted octanol–water partition coefficient (Wildman–Crippen LogP) is 13.2. The number of nitrogens with one attached hydrogen (secondary N) is 2. The molecule has 6 rings (SSSR count). The van der Waals surface area contributed by atoms with E-state index in [2.05, 4.69) is 138 Å². The van der Waals surface area contributed by atoms with E-state index < -0.39 is 0 Å². The number of fused-ring (bicyclic) bond motifs is 8. The topological polar surface area (TPSA) is 57.4 Å². The molecule has 8 bridgehead atoms. The third kappa shape index (κ3) is 8.06. The Balaban J connectivity index is 1.66. The predicted molar refractivity (Wildman–Crippen MR) is 217 cm³/mol. The summed E-state index contributed by atoms with van der Waals surface area (Å²) in [5, 5.41) is 0. The second kappa shape index (κ2) is 15.0. The molecule has 0 unspecified atom stereocenters. The van der Waals surface area contributed by atoms with Gasteiger partial charge in [0, 0.05) is 38.8 Å². The number of unbranched alkanes of at least 4 members (excludes halogenated alkanes) is 6. The molecular formula is C46H58N4. The van der Waals surface area contributed by atoms with E-state index in [1.165, 1.54) is 66.3 Å². The number of hydrogen-bond acceptors (Lipinski definition) is 2. The Morgan fingerprint density at radius 3 is 1.54 bits per heavy atom. The average molecular weight is 667 g/mol. The van der Waals surface area contributed by atoms with Crippen LogP contribution in [0, 0.1) is 0 Å². The van der Waals surface area contributed by atoms with E-state index >= 15 is 0 Å². The highest BCUT2D eigenvalue weighted by Gasteiger charge is 2.23. The maximum absolute atomic E-state index is 5.47. The second-order valence-corrected chi connectivity index (χ2v) is 16.5. The van der Waals surface area contributed by atoms with Gasteiger partial charge in [0.2, 0.25) is 0 Å². The number of rotatable bonds is 11. The summed E-state index contributed by atoms with van der Waals surface area (Å²) in [6, 6.07) is 18.2. The van der Waals surface area contributed by atoms with Crippen LogP contribution in [0.25, 0.3) is 57.5 Å². The van der Waals surface area contributed by atoms with Gasteiger partial charge in [0.25, 0.3) is 0 Å². The zero-order valence-electron chi connectivity index (χ0n) is 31.9. The maximum Gasteiger partial charge on any atom is 0.0737 e. The summed E-state index contributed by atoms with van der Waals surface area (Å²) in [4.78, 5) is 18.4. The van der Waals surface area contributed by atoms with E-state index in [4.69, 9.17) is 9.97 Å². The van der Waals surface area contributed by atoms with Crippen LogP contribution in [0.2, 0.25) is 0 Å². The minimum atomic E-state index is 0.00591. The normalized spacial score (nSPS) is 13.0. The molecule has 0 spiro atoms. The Morgan fingerprint density at radius 1 is 0.500 bits per heavy atom. The Labute approximate surface area is 300 Å². The zero-order chi connectivity index (χ0) is 35.5. The van der Waals surface area contributed by atoms with Gasteiger partial charge >= 0.3 is 0 Å². The number of aryl methyl sites for hydroxylation is 1. The average Bonchev–Trinajstić information content (AvgIpc) is 3.90. The van der Waals surface area contributed by atoms with Crippen LogP contribution >= 0.6 is 0 Å². The molecule has 0 radical (unpaired) electrons. The molecule has 2 aliphatic heterocycles. The minimum Gasteiger partial charge on any atom is -0.355 e. The van der Waals surface area contributed by atoms with Crippen LogP contribution in [-0.2, 0) is 23.7 Å². The van der Waals surface area contributed by atoms with E-state index in [1.54, 1.807) is 0 Å². The molecule has 4 aromatic rings. The fourth-order valence-electron chi connectivity index (χ4n) is 7.17. The first-order chi connectivity index (χ1) is 23.9. The first kappa shape index (κ1) is 35.6. The molecule has 1 aromatic carbocycles. The number of hydrogen-bond donors (Lipinski definition) is 2. The number of aromatic nitrogens is 4. The molecule has 50 heavy (non-hydrogen) atoms. The van der Waals surface area contributed by atoms with Crippen molar-refractivity contribution in [3.05, 3.63) is 93.6 Å². The SMILES string of the molecule is CCCCCCc1c2nc(c(CCCCCC)c3ccc(cc4ccc([nH]4)c(-c4cc(C(C)(C)C)cc(C(C)(C)C)c4)c4nc1C=C4)[nH]3)C=C2. The van der Waals surface area contributed by atoms with Gasteiger partial charge in [0.1, 0.15) is 0 Å². The lowest BCUT2D eigenvalue weighted by Crippen LogP contribution is -2.16. The minimum absolute atomic E-state index is 0.00591. The van der Waals surface area contributed by atoms with Crippen molar-refractivity contribution in [3.63, 3.8) is 0 Å². The standard InChI is InChI=1S/C46H58N4/c1-9-11-13-15-17-36-38-21-19-34(47-38)30-35-20-22-42(48-35)44(31-27-32(45(3,4)5)29-33(28-31)46(6,7)8)43-26-25-41(50-43)37(18-16-14-12-10-2)40-24-23-39(36)49-40/h19-30,47-48H,9-18H2,1-8H3. The lowest BCUT2D eigenvalue weighted by molar-refractivity contribution is 0.569. The van der Waals surface area contributed by atoms with Gasteiger partial charge in [-0.05, 0) is 108 Å². The first-order valence-corrected chi connectivity index (χ1v) is 19.2. The highest BCUT2D eigenvalue weighted by Crippen LogP contribution is 2.38. The van der Waals surface area contributed by atoms with Crippen LogP contribution in [0.1, 0.15) is 152 Å². The van der Waals surface area contributed by atoms with Crippen molar-refractivity contribution in [2.24, 2.45) is 0 Å². The third-order valence-corrected chi connectivity index (χ3v) is 10.3. The fraction of sp³-hybridized carbons (Fsp3) is 0.435. The molecule has 262 valence electrons. The summed E-state index contributed by atoms with van der Waals surface area (Å²) in [5.41, 5.74) is 16.1. The summed E-state index contributed by atoms with van der Waals surface area (Å²) in [6.07, 6.45) is 20.6. The first-order valence-electron chi connectivity index (χ1n) is 19.2. The van der Waals surface area contributed by atoms with E-state index in [-0.39, 0.29) is 10.8 Å². The van der Waals surface area contributed by atoms with E-state index in [0.29, 0.717) is 0 Å². The number of H-pyrrole nitrogens is 2. The summed E-state index contributed by atoms with van der Waals surface area (Å²) < 4.78 is 0. The Kier molecular flexibility index (Phi) is 10.7. The van der Waals surface area contributed by atoms with Crippen molar-refractivity contribution in [2.45, 2.75) is 130 Å². The fourth-order valence-corrected chi connectivity index (χ4v) is 7.17. The maximum atomic E-state index is 5.47. The molecule has 4 heteroatoms. The summed E-state index contributed by atoms with van der Waals surface area (Å²) in [5.74, 6) is 0. The van der Waals surface area contributed by atoms with Gasteiger partial charge in [-0.3, -0.25) is 0 Å². The van der Waals surface area contributed by atoms with Crippen molar-refractivity contribution >= 4 is 46.4 Å². The lowest BCUT2D eigenvalue weighted by Gasteiger charge is -2.26. The van der Waals surface area contributed by atoms with Crippen molar-refractivity contribution in [1.29, 1.82) is 0 Å². The van der Waals surface area contributed by atoms with Crippen LogP contribution in [0.4, 0.5) is 0 Å². The highest BCUT2D eigenvalue weighted by molar-refractivity contribution is 5.92. The van der Waals surface area contributed by atoms with Crippen molar-refractivity contribution in [3.8, 4) is 11.1 Å². The van der Waals surface area contributed by atoms with Gasteiger partial charge < -0.3 is 9.97 Å². The summed E-state index contributed by atoms with van der Waals surface area (Å²) in [6.45, 7) is 18.4. The van der Waals surface area contributed by atoms with Crippen LogP contribution in [0.15, 0.2) is 48.5 Å². The lowest BCUT2D eigenvalue weighted by atomic mass is 9.79. The molecule has 0 amide bonds. The van der Waals surface area contributed by atoms with Gasteiger partial charge in [0.05, 0.1) is 22.8 Å². The Hall–Kier alpha value is -4.18. The molecule has 4 nitrogen and oxygen atoms in total. The van der Waals surface area contributed by atoms with Gasteiger partial charge in [0.15, 0.2) is 0 Å². The van der Waals surface area contributed by atoms with Crippen LogP contribution in [0.3, 0.4) is 0 Å². The van der Waals surface area contributed by atoms with Crippen molar-refractivity contribution < 1.29 is 0 Å². The molecule has 0 fully saturated rings. The Bertz CT molecular complexity index is 2020. The van der Waals surface area contributed by atoms with Crippen LogP contribution in [0.5, 0.6) is 0 Å². The smallest absolute Gasteiger partial charge is 0.0737 e. The molecule has 5 heterocycles. The van der Waals surface area contributed by atoms with E-state index in [9.17, 15) is 0 Å². The molecule has 0 atom stereocenters. The Morgan fingerprint density at radius 2 is 0.980 bits per heavy atom. The number of aromatic amines is 2. The highest BCUT2D eigenvalue weighted by atomic mass is 14.8. The van der Waals surface area contributed by atoms with Crippen molar-refractivity contribution in [2.75, 3.05) is 0 Å². The summed E-state index contributed by atoms with van der Waals surface area (Å²) >= 11 is 0. The number of benzene rings is 1. The van der Waals surface area contributed by atoms with Crippen molar-refractivity contribution in [1.82, 2.24) is 19.9 Å².